The van der Waals surface area contributed by atoms with Crippen molar-refractivity contribution in [2.24, 2.45) is 0 Å². The molecule has 0 fully saturated rings. The molecule has 0 aliphatic heterocycles. The number of amides is 1. The van der Waals surface area contributed by atoms with E-state index in [4.69, 9.17) is 5.11 Å². The van der Waals surface area contributed by atoms with Crippen LogP contribution in [0.4, 0.5) is 9.18 Å². The number of nitrogens with one attached hydrogen (secondary N) is 1. The highest BCUT2D eigenvalue weighted by atomic mass is 79.9. The van der Waals surface area contributed by atoms with Crippen LogP contribution in [0.2, 0.25) is 0 Å². The Kier molecular flexibility index (Phi) is 5.10. The Labute approximate surface area is 132 Å². The van der Waals surface area contributed by atoms with Gasteiger partial charge in [-0.3, -0.25) is 0 Å². The van der Waals surface area contributed by atoms with Gasteiger partial charge < -0.3 is 10.4 Å². The van der Waals surface area contributed by atoms with E-state index in [1.807, 2.05) is 11.4 Å². The lowest BCUT2D eigenvalue weighted by atomic mass is 10.3. The molecule has 0 saturated heterocycles. The summed E-state index contributed by atoms with van der Waals surface area (Å²) in [6, 6.07) is 7.06. The third-order valence-electron chi connectivity index (χ3n) is 2.79. The van der Waals surface area contributed by atoms with E-state index >= 15 is 0 Å². The zero-order valence-corrected chi connectivity index (χ0v) is 12.8. The van der Waals surface area contributed by atoms with Gasteiger partial charge in [-0.05, 0) is 23.8 Å². The normalized spacial score (nSPS) is 11.5. The van der Waals surface area contributed by atoms with Crippen molar-refractivity contribution in [1.82, 2.24) is 19.7 Å². The molecule has 0 atom stereocenters. The lowest BCUT2D eigenvalue weighted by Crippen LogP contribution is -2.29. The fraction of sp³-hybridized carbons (Fsp3) is 0.154. The van der Waals surface area contributed by atoms with Crippen molar-refractivity contribution in [3.05, 3.63) is 57.5 Å². The number of benzene rings is 1. The van der Waals surface area contributed by atoms with E-state index in [-0.39, 0.29) is 25.0 Å². The number of aromatic nitrogens is 3. The summed E-state index contributed by atoms with van der Waals surface area (Å²) in [5.41, 5.74) is 0.247. The van der Waals surface area contributed by atoms with Crippen LogP contribution in [-0.4, -0.2) is 32.1 Å². The maximum absolute atomic E-state index is 12.8. The first-order chi connectivity index (χ1) is 10.5. The van der Waals surface area contributed by atoms with Crippen molar-refractivity contribution < 1.29 is 14.3 Å². The van der Waals surface area contributed by atoms with E-state index in [1.165, 1.54) is 10.9 Å². The maximum Gasteiger partial charge on any atom is 0.404 e. The smallest absolute Gasteiger partial charge is 0.404 e. The molecule has 0 spiro atoms. The van der Waals surface area contributed by atoms with E-state index in [2.05, 4.69) is 21.0 Å². The van der Waals surface area contributed by atoms with Gasteiger partial charge in [0.2, 0.25) is 0 Å². The Morgan fingerprint density at radius 1 is 1.50 bits per heavy atom. The molecule has 9 heteroatoms. The Morgan fingerprint density at radius 2 is 2.27 bits per heavy atom. The molecule has 1 amide bonds. The highest BCUT2D eigenvalue weighted by Gasteiger charge is 2.10. The minimum atomic E-state index is -1.27. The van der Waals surface area contributed by atoms with Crippen LogP contribution < -0.4 is 11.0 Å². The first kappa shape index (κ1) is 16.0. The molecule has 1 heterocycles. The van der Waals surface area contributed by atoms with Crippen LogP contribution in [-0.2, 0) is 6.54 Å². The molecule has 2 rings (SSSR count). The van der Waals surface area contributed by atoms with Crippen molar-refractivity contribution in [1.29, 1.82) is 0 Å². The molecule has 0 bridgehead atoms. The molecule has 116 valence electrons. The van der Waals surface area contributed by atoms with Gasteiger partial charge in [0.25, 0.3) is 0 Å². The summed E-state index contributed by atoms with van der Waals surface area (Å²) in [5, 5.41) is 14.4. The highest BCUT2D eigenvalue weighted by Crippen LogP contribution is 2.13. The second kappa shape index (κ2) is 7.03. The lowest BCUT2D eigenvalue weighted by molar-refractivity contribution is 0.195. The molecule has 0 radical (unpaired) electrons. The summed E-state index contributed by atoms with van der Waals surface area (Å²) in [4.78, 5) is 22.6. The second-order valence-corrected chi connectivity index (χ2v) is 5.26. The third kappa shape index (κ3) is 3.82. The molecule has 7 nitrogen and oxygen atoms in total. The van der Waals surface area contributed by atoms with E-state index in [9.17, 15) is 14.0 Å². The van der Waals surface area contributed by atoms with Gasteiger partial charge in [-0.25, -0.2) is 23.2 Å². The topological polar surface area (TPSA) is 89.2 Å². The monoisotopic (exact) mass is 370 g/mol. The molecule has 22 heavy (non-hydrogen) atoms. The third-order valence-corrected chi connectivity index (χ3v) is 3.29. The van der Waals surface area contributed by atoms with Gasteiger partial charge in [-0.2, -0.15) is 5.10 Å². The van der Waals surface area contributed by atoms with E-state index in [0.717, 1.165) is 9.15 Å². The Morgan fingerprint density at radius 3 is 2.91 bits per heavy atom. The number of nitrogens with zero attached hydrogens (tertiary/aromatic N) is 3. The van der Waals surface area contributed by atoms with Crippen LogP contribution in [0.3, 0.4) is 0 Å². The largest absolute Gasteiger partial charge is 0.465 e. The van der Waals surface area contributed by atoms with Crippen molar-refractivity contribution in [3.8, 4) is 5.69 Å². The molecular weight excluding hydrogens is 359 g/mol. The van der Waals surface area contributed by atoms with E-state index < -0.39 is 11.8 Å². The van der Waals surface area contributed by atoms with Crippen LogP contribution in [0.5, 0.6) is 0 Å². The predicted molar refractivity (Wildman–Crippen MR) is 80.7 cm³/mol. The van der Waals surface area contributed by atoms with Crippen LogP contribution in [0.1, 0.15) is 0 Å². The number of carboxylic acid groups (broad SMARTS) is 1. The molecule has 0 aliphatic carbocycles. The standard InChI is InChI=1S/C13H12BrFN4O3/c14-10-2-1-3-11(4-10)18-8-17-19(13(18)22)7-9(5-15)6-16-12(20)21/h1-5,8,16H,6-7H2,(H,20,21). The quantitative estimate of drug-likeness (QED) is 0.841. The highest BCUT2D eigenvalue weighted by molar-refractivity contribution is 9.10. The molecule has 2 N–H and O–H groups in total. The SMILES string of the molecule is O=C(O)NCC(=CF)Cn1ncn(-c2cccc(Br)c2)c1=O. The van der Waals surface area contributed by atoms with Crippen LogP contribution >= 0.6 is 15.9 Å². The Hall–Kier alpha value is -2.42. The maximum atomic E-state index is 12.8. The number of hydrogen-bond acceptors (Lipinski definition) is 3. The summed E-state index contributed by atoms with van der Waals surface area (Å²) in [5.74, 6) is 0. The number of halogens is 2. The van der Waals surface area contributed by atoms with Gasteiger partial charge in [-0.15, -0.1) is 0 Å². The predicted octanol–water partition coefficient (Wildman–Crippen LogP) is 1.92. The molecular formula is C13H12BrFN4O3. The summed E-state index contributed by atoms with van der Waals surface area (Å²) in [7, 11) is 0. The summed E-state index contributed by atoms with van der Waals surface area (Å²) in [6.45, 7) is -0.362. The van der Waals surface area contributed by atoms with Gasteiger partial charge in [0.1, 0.15) is 6.33 Å². The van der Waals surface area contributed by atoms with Crippen molar-refractivity contribution in [2.75, 3.05) is 6.54 Å². The Bertz CT molecular complexity index is 769. The van der Waals surface area contributed by atoms with Gasteiger partial charge in [0.05, 0.1) is 18.6 Å². The lowest BCUT2D eigenvalue weighted by Gasteiger charge is -2.05. The molecule has 1 aromatic carbocycles. The summed E-state index contributed by atoms with van der Waals surface area (Å²) >= 11 is 3.31. The van der Waals surface area contributed by atoms with Crippen LogP contribution in [0, 0.1) is 0 Å². The molecule has 2 aromatic rings. The van der Waals surface area contributed by atoms with Crippen molar-refractivity contribution in [2.45, 2.75) is 6.54 Å². The average molecular weight is 371 g/mol. The number of carbonyl (C=O) groups is 1. The van der Waals surface area contributed by atoms with Gasteiger partial charge in [-0.1, -0.05) is 22.0 Å². The minimum absolute atomic E-state index is 0.0870. The number of hydrogen-bond donors (Lipinski definition) is 2. The van der Waals surface area contributed by atoms with Crippen LogP contribution in [0.15, 0.2) is 51.8 Å². The minimum Gasteiger partial charge on any atom is -0.465 e. The Balaban J connectivity index is 2.21. The molecule has 0 saturated carbocycles. The molecule has 0 unspecified atom stereocenters. The van der Waals surface area contributed by atoms with Crippen LogP contribution in [0.25, 0.3) is 5.69 Å². The average Bonchev–Trinajstić information content (AvgIpc) is 2.84. The summed E-state index contributed by atoms with van der Waals surface area (Å²) < 4.78 is 15.9. The fourth-order valence-electron chi connectivity index (χ4n) is 1.76. The van der Waals surface area contributed by atoms with Crippen molar-refractivity contribution in [3.63, 3.8) is 0 Å². The van der Waals surface area contributed by atoms with E-state index in [1.54, 1.807) is 18.2 Å². The van der Waals surface area contributed by atoms with Gasteiger partial charge in [0, 0.05) is 11.0 Å². The zero-order valence-electron chi connectivity index (χ0n) is 11.2. The number of rotatable bonds is 5. The summed E-state index contributed by atoms with van der Waals surface area (Å²) in [6.07, 6.45) is 0.316. The van der Waals surface area contributed by atoms with Gasteiger partial charge >= 0.3 is 11.8 Å². The first-order valence-electron chi connectivity index (χ1n) is 6.16. The van der Waals surface area contributed by atoms with E-state index in [0.29, 0.717) is 5.69 Å². The first-order valence-corrected chi connectivity index (χ1v) is 6.96. The van der Waals surface area contributed by atoms with Crippen molar-refractivity contribution >= 4 is 22.0 Å². The second-order valence-electron chi connectivity index (χ2n) is 4.35. The molecule has 1 aromatic heterocycles. The van der Waals surface area contributed by atoms with Gasteiger partial charge in [0.15, 0.2) is 0 Å². The molecule has 0 aliphatic rings. The zero-order chi connectivity index (χ0) is 16.1. The fourth-order valence-corrected chi connectivity index (χ4v) is 2.15.